The Morgan fingerprint density at radius 1 is 0.659 bits per heavy atom. The molecule has 0 radical (unpaired) electrons. The fourth-order valence-electron chi connectivity index (χ4n) is 4.89. The molecule has 0 bridgehead atoms. The Kier molecular flexibility index (Phi) is 14.7. The zero-order valence-electron chi connectivity index (χ0n) is 22.8. The molecule has 0 saturated carbocycles. The largest absolute Gasteiger partial charge is 0.385 e. The number of halogens is 2. The number of ketones is 2. The van der Waals surface area contributed by atoms with Crippen molar-refractivity contribution >= 4 is 54.8 Å². The van der Waals surface area contributed by atoms with Crippen LogP contribution in [0.5, 0.6) is 0 Å². The van der Waals surface area contributed by atoms with Gasteiger partial charge in [0.25, 0.3) is 11.4 Å². The average molecular weight is 700 g/mol. The first-order valence-corrected chi connectivity index (χ1v) is 15.8. The third-order valence-electron chi connectivity index (χ3n) is 7.17. The standard InChI is InChI=1S/C29H36Br2N2O8/c30-17-5-1-3-7-25(34)27(36)29(28(37)26(35)8-4-2-6-18-31,19-21-9-13-23(14-10-21)32(38)39)20-22-11-15-24(16-12-22)33(40)41/h9-16,27-28,36-37H,1-8,17-20H2. The van der Waals surface area contributed by atoms with Crippen LogP contribution in [0.15, 0.2) is 48.5 Å². The fraction of sp³-hybridized carbons (Fsp3) is 0.517. The van der Waals surface area contributed by atoms with Crippen molar-refractivity contribution in [3.63, 3.8) is 0 Å². The van der Waals surface area contributed by atoms with Crippen molar-refractivity contribution < 1.29 is 29.6 Å². The van der Waals surface area contributed by atoms with Crippen molar-refractivity contribution in [3.05, 3.63) is 79.9 Å². The minimum Gasteiger partial charge on any atom is -0.385 e. The molecule has 41 heavy (non-hydrogen) atoms. The smallest absolute Gasteiger partial charge is 0.269 e. The van der Waals surface area contributed by atoms with Crippen LogP contribution >= 0.6 is 31.9 Å². The van der Waals surface area contributed by atoms with Crippen LogP contribution in [0.1, 0.15) is 62.5 Å². The van der Waals surface area contributed by atoms with Gasteiger partial charge in [-0.1, -0.05) is 69.0 Å². The molecule has 224 valence electrons. The Labute approximate surface area is 256 Å². The van der Waals surface area contributed by atoms with E-state index in [1.807, 2.05) is 0 Å². The molecule has 2 aromatic rings. The summed E-state index contributed by atoms with van der Waals surface area (Å²) in [6, 6.07) is 11.0. The third-order valence-corrected chi connectivity index (χ3v) is 8.29. The maximum Gasteiger partial charge on any atom is 0.269 e. The second-order valence-electron chi connectivity index (χ2n) is 10.2. The van der Waals surface area contributed by atoms with Gasteiger partial charge in [-0.15, -0.1) is 0 Å². The van der Waals surface area contributed by atoms with Crippen LogP contribution in [0.25, 0.3) is 0 Å². The van der Waals surface area contributed by atoms with Gasteiger partial charge in [0, 0.05) is 53.2 Å². The monoisotopic (exact) mass is 698 g/mol. The summed E-state index contributed by atoms with van der Waals surface area (Å²) >= 11 is 6.71. The van der Waals surface area contributed by atoms with E-state index in [0.717, 1.165) is 36.3 Å². The van der Waals surface area contributed by atoms with Gasteiger partial charge >= 0.3 is 0 Å². The number of benzene rings is 2. The quantitative estimate of drug-likeness (QED) is 0.0731. The third kappa shape index (κ3) is 10.4. The van der Waals surface area contributed by atoms with Crippen molar-refractivity contribution in [2.24, 2.45) is 5.41 Å². The highest BCUT2D eigenvalue weighted by molar-refractivity contribution is 9.09. The van der Waals surface area contributed by atoms with Crippen LogP contribution in [0.3, 0.4) is 0 Å². The van der Waals surface area contributed by atoms with E-state index in [0.29, 0.717) is 24.0 Å². The van der Waals surface area contributed by atoms with Crippen LogP contribution in [-0.4, -0.2) is 54.5 Å². The second-order valence-corrected chi connectivity index (χ2v) is 11.8. The Morgan fingerprint density at radius 3 is 1.29 bits per heavy atom. The lowest BCUT2D eigenvalue weighted by atomic mass is 9.65. The average Bonchev–Trinajstić information content (AvgIpc) is 2.96. The zero-order chi connectivity index (χ0) is 30.4. The Balaban J connectivity index is 2.56. The number of rotatable bonds is 20. The maximum absolute atomic E-state index is 13.4. The number of nitro groups is 2. The number of Topliss-reactive ketones (excluding diaryl/α,β-unsaturated/α-hetero) is 2. The molecular formula is C29H36Br2N2O8. The number of alkyl halides is 2. The number of unbranched alkanes of at least 4 members (excludes halogenated alkanes) is 4. The van der Waals surface area contributed by atoms with E-state index in [1.165, 1.54) is 48.5 Å². The Bertz CT molecular complexity index is 1070. The molecule has 0 fully saturated rings. The van der Waals surface area contributed by atoms with Gasteiger partial charge in [0.1, 0.15) is 12.2 Å². The van der Waals surface area contributed by atoms with E-state index in [9.17, 15) is 40.0 Å². The summed E-state index contributed by atoms with van der Waals surface area (Å²) in [5, 5.41) is 47.2. The van der Waals surface area contributed by atoms with E-state index in [4.69, 9.17) is 0 Å². The molecule has 0 saturated heterocycles. The summed E-state index contributed by atoms with van der Waals surface area (Å²) in [5.74, 6) is -1.04. The van der Waals surface area contributed by atoms with Gasteiger partial charge in [0.15, 0.2) is 11.6 Å². The van der Waals surface area contributed by atoms with Crippen LogP contribution in [0, 0.1) is 25.6 Å². The topological polar surface area (TPSA) is 161 Å². The SMILES string of the molecule is O=C(CCCCCBr)C(O)C(Cc1ccc([N+](=O)[O-])cc1)(Cc1ccc([N+](=O)[O-])cc1)C(O)C(=O)CCCCCBr. The number of hydrogen-bond donors (Lipinski definition) is 2. The molecule has 0 aliphatic carbocycles. The number of nitro benzene ring substituents is 2. The lowest BCUT2D eigenvalue weighted by Gasteiger charge is -2.41. The molecule has 0 heterocycles. The second kappa shape index (κ2) is 17.4. The zero-order valence-corrected chi connectivity index (χ0v) is 25.9. The molecule has 2 aromatic carbocycles. The predicted molar refractivity (Wildman–Crippen MR) is 163 cm³/mol. The van der Waals surface area contributed by atoms with Crippen LogP contribution < -0.4 is 0 Å². The summed E-state index contributed by atoms with van der Waals surface area (Å²) in [5.41, 5.74) is -1.06. The van der Waals surface area contributed by atoms with Crippen LogP contribution in [-0.2, 0) is 22.4 Å². The van der Waals surface area contributed by atoms with Gasteiger partial charge in [0.05, 0.1) is 9.85 Å². The van der Waals surface area contributed by atoms with E-state index in [2.05, 4.69) is 31.9 Å². The number of non-ortho nitro benzene ring substituents is 2. The van der Waals surface area contributed by atoms with Crippen LogP contribution in [0.4, 0.5) is 11.4 Å². The van der Waals surface area contributed by atoms with Crippen molar-refractivity contribution in [1.29, 1.82) is 0 Å². The number of hydrogen-bond acceptors (Lipinski definition) is 8. The highest BCUT2D eigenvalue weighted by Gasteiger charge is 2.50. The van der Waals surface area contributed by atoms with Gasteiger partial charge < -0.3 is 10.2 Å². The summed E-state index contributed by atoms with van der Waals surface area (Å²) < 4.78 is 0. The molecule has 0 amide bonds. The number of nitrogens with zero attached hydrogens (tertiary/aromatic N) is 2. The number of aliphatic hydroxyl groups excluding tert-OH is 2. The van der Waals surface area contributed by atoms with Crippen molar-refractivity contribution in [3.8, 4) is 0 Å². The lowest BCUT2D eigenvalue weighted by Crippen LogP contribution is -2.55. The molecule has 2 atom stereocenters. The number of aliphatic hydroxyl groups is 2. The molecule has 12 heteroatoms. The van der Waals surface area contributed by atoms with Gasteiger partial charge in [-0.05, 0) is 49.7 Å². The predicted octanol–water partition coefficient (Wildman–Crippen LogP) is 6.05. The molecule has 0 aliphatic heterocycles. The summed E-state index contributed by atoms with van der Waals surface area (Å²) in [4.78, 5) is 48.0. The maximum atomic E-state index is 13.4. The lowest BCUT2D eigenvalue weighted by molar-refractivity contribution is -0.385. The van der Waals surface area contributed by atoms with Crippen LogP contribution in [0.2, 0.25) is 0 Å². The van der Waals surface area contributed by atoms with Gasteiger partial charge in [0.2, 0.25) is 0 Å². The first-order chi connectivity index (χ1) is 19.5. The Hall–Kier alpha value is -2.54. The van der Waals surface area contributed by atoms with Gasteiger partial charge in [-0.3, -0.25) is 29.8 Å². The van der Waals surface area contributed by atoms with E-state index in [-0.39, 0.29) is 37.1 Å². The minimum atomic E-state index is -1.74. The highest BCUT2D eigenvalue weighted by Crippen LogP contribution is 2.39. The fourth-order valence-corrected chi connectivity index (χ4v) is 5.68. The molecule has 0 spiro atoms. The molecule has 2 unspecified atom stereocenters. The van der Waals surface area contributed by atoms with Crippen molar-refractivity contribution in [2.75, 3.05) is 10.7 Å². The summed E-state index contributed by atoms with van der Waals surface area (Å²) in [6.07, 6.45) is 0.557. The molecule has 10 nitrogen and oxygen atoms in total. The molecule has 2 rings (SSSR count). The minimum absolute atomic E-state index is 0.0442. The normalized spacial score (nSPS) is 13.0. The summed E-state index contributed by atoms with van der Waals surface area (Å²) in [6.45, 7) is 0. The van der Waals surface area contributed by atoms with E-state index >= 15 is 0 Å². The summed E-state index contributed by atoms with van der Waals surface area (Å²) in [7, 11) is 0. The first kappa shape index (κ1) is 34.7. The number of carbonyl (C=O) groups excluding carboxylic acids is 2. The van der Waals surface area contributed by atoms with Gasteiger partial charge in [-0.2, -0.15) is 0 Å². The first-order valence-electron chi connectivity index (χ1n) is 13.6. The highest BCUT2D eigenvalue weighted by atomic mass is 79.9. The molecule has 0 aromatic heterocycles. The molecular weight excluding hydrogens is 664 g/mol. The van der Waals surface area contributed by atoms with Crippen molar-refractivity contribution in [1.82, 2.24) is 0 Å². The van der Waals surface area contributed by atoms with E-state index < -0.39 is 39.0 Å². The van der Waals surface area contributed by atoms with Crippen molar-refractivity contribution in [2.45, 2.75) is 76.4 Å². The Morgan fingerprint density at radius 2 is 1.00 bits per heavy atom. The number of carbonyl (C=O) groups is 2. The molecule has 2 N–H and O–H groups in total. The molecule has 0 aliphatic rings. The van der Waals surface area contributed by atoms with E-state index in [1.54, 1.807) is 0 Å². The van der Waals surface area contributed by atoms with Gasteiger partial charge in [-0.25, -0.2) is 0 Å².